The van der Waals surface area contributed by atoms with Gasteiger partial charge in [-0.05, 0) is 74.4 Å². The number of carbonyl (C=O) groups excluding carboxylic acids is 2. The van der Waals surface area contributed by atoms with E-state index in [1.54, 1.807) is 13.2 Å². The zero-order chi connectivity index (χ0) is 25.9. The quantitative estimate of drug-likeness (QED) is 0.308. The van der Waals surface area contributed by atoms with E-state index in [-0.39, 0.29) is 23.9 Å². The van der Waals surface area contributed by atoms with E-state index >= 15 is 0 Å². The monoisotopic (exact) mass is 490 g/mol. The zero-order valence-corrected chi connectivity index (χ0v) is 21.3. The Morgan fingerprint density at radius 1 is 0.838 bits per heavy atom. The number of amides is 2. The Hall–Kier alpha value is -4.38. The number of anilines is 2. The van der Waals surface area contributed by atoms with E-state index in [0.717, 1.165) is 22.5 Å². The lowest BCUT2D eigenvalue weighted by Gasteiger charge is -2.43. The highest BCUT2D eigenvalue weighted by Gasteiger charge is 2.39. The molecule has 0 saturated carbocycles. The maximum absolute atomic E-state index is 14.1. The van der Waals surface area contributed by atoms with Crippen molar-refractivity contribution >= 4 is 23.2 Å². The lowest BCUT2D eigenvalue weighted by Crippen LogP contribution is -2.47. The molecule has 1 aliphatic rings. The van der Waals surface area contributed by atoms with E-state index in [4.69, 9.17) is 4.74 Å². The summed E-state index contributed by atoms with van der Waals surface area (Å²) in [5.41, 5.74) is 4.89. The number of fused-ring (bicyclic) bond motifs is 1. The van der Waals surface area contributed by atoms with Gasteiger partial charge in [0.1, 0.15) is 5.75 Å². The van der Waals surface area contributed by atoms with Crippen molar-refractivity contribution in [2.75, 3.05) is 16.9 Å². The summed E-state index contributed by atoms with van der Waals surface area (Å²) >= 11 is 0. The van der Waals surface area contributed by atoms with Crippen LogP contribution in [0.25, 0.3) is 0 Å². The maximum Gasteiger partial charge on any atom is 0.258 e. The molecule has 2 amide bonds. The largest absolute Gasteiger partial charge is 0.497 e. The van der Waals surface area contributed by atoms with Gasteiger partial charge < -0.3 is 14.5 Å². The predicted molar refractivity (Wildman–Crippen MR) is 147 cm³/mol. The number of ether oxygens (including phenoxy) is 1. The first kappa shape index (κ1) is 24.3. The van der Waals surface area contributed by atoms with E-state index in [0.29, 0.717) is 23.3 Å². The molecule has 4 aromatic carbocycles. The Bertz CT molecular complexity index is 1420. The minimum absolute atomic E-state index is 0.0382. The van der Waals surface area contributed by atoms with E-state index in [1.165, 1.54) is 0 Å². The fourth-order valence-electron chi connectivity index (χ4n) is 5.09. The number of aryl methyl sites for hydroxylation is 1. The molecule has 4 aromatic rings. The highest BCUT2D eigenvalue weighted by Crippen LogP contribution is 2.43. The van der Waals surface area contributed by atoms with Crippen LogP contribution in [-0.4, -0.2) is 25.0 Å². The van der Waals surface area contributed by atoms with Gasteiger partial charge in [0, 0.05) is 28.5 Å². The maximum atomic E-state index is 14.1. The molecule has 1 heterocycles. The average molecular weight is 491 g/mol. The third-order valence-electron chi connectivity index (χ3n) is 6.96. The van der Waals surface area contributed by atoms with Gasteiger partial charge in [0.2, 0.25) is 0 Å². The van der Waals surface area contributed by atoms with Crippen LogP contribution in [0.4, 0.5) is 11.4 Å². The average Bonchev–Trinajstić information content (AvgIpc) is 2.94. The van der Waals surface area contributed by atoms with Crippen molar-refractivity contribution in [1.29, 1.82) is 0 Å². The molecule has 5 heteroatoms. The predicted octanol–water partition coefficient (Wildman–Crippen LogP) is 6.83. The van der Waals surface area contributed by atoms with E-state index in [1.807, 2.05) is 121 Å². The van der Waals surface area contributed by atoms with Crippen molar-refractivity contribution in [1.82, 2.24) is 0 Å². The van der Waals surface area contributed by atoms with Crippen molar-refractivity contribution in [2.45, 2.75) is 32.4 Å². The number of carbonyl (C=O) groups is 2. The Labute approximate surface area is 217 Å². The van der Waals surface area contributed by atoms with E-state index in [2.05, 4.69) is 0 Å². The first-order valence-electron chi connectivity index (χ1n) is 12.5. The summed E-state index contributed by atoms with van der Waals surface area (Å²) in [5, 5.41) is 0. The fourth-order valence-corrected chi connectivity index (χ4v) is 5.09. The van der Waals surface area contributed by atoms with Crippen molar-refractivity contribution in [3.63, 3.8) is 0 Å². The van der Waals surface area contributed by atoms with Crippen LogP contribution in [0, 0.1) is 6.92 Å². The van der Waals surface area contributed by atoms with Gasteiger partial charge in [-0.25, -0.2) is 0 Å². The van der Waals surface area contributed by atoms with Gasteiger partial charge in [-0.1, -0.05) is 60.2 Å². The van der Waals surface area contributed by atoms with Crippen LogP contribution < -0.4 is 14.5 Å². The minimum Gasteiger partial charge on any atom is -0.497 e. The number of benzene rings is 4. The van der Waals surface area contributed by atoms with Crippen molar-refractivity contribution in [3.05, 3.63) is 125 Å². The van der Waals surface area contributed by atoms with Gasteiger partial charge in [-0.2, -0.15) is 0 Å². The topological polar surface area (TPSA) is 49.9 Å². The lowest BCUT2D eigenvalue weighted by molar-refractivity contribution is 0.0965. The van der Waals surface area contributed by atoms with Crippen LogP contribution >= 0.6 is 0 Å². The first-order chi connectivity index (χ1) is 18.0. The molecule has 5 nitrogen and oxygen atoms in total. The number of nitrogens with zero attached hydrogens (tertiary/aromatic N) is 2. The lowest BCUT2D eigenvalue weighted by atomic mass is 9.89. The summed E-state index contributed by atoms with van der Waals surface area (Å²) in [5.74, 6) is 0.477. The molecule has 0 bridgehead atoms. The molecule has 5 rings (SSSR count). The van der Waals surface area contributed by atoms with Crippen molar-refractivity contribution in [2.24, 2.45) is 0 Å². The molecule has 186 valence electrons. The molecule has 0 saturated heterocycles. The van der Waals surface area contributed by atoms with Gasteiger partial charge in [0.15, 0.2) is 0 Å². The molecule has 0 aromatic heterocycles. The Kier molecular flexibility index (Phi) is 6.78. The highest BCUT2D eigenvalue weighted by atomic mass is 16.5. The molecular formula is C32H30N2O3. The van der Waals surface area contributed by atoms with Crippen LogP contribution in [0.15, 0.2) is 103 Å². The highest BCUT2D eigenvalue weighted by molar-refractivity contribution is 6.09. The molecule has 0 unspecified atom stereocenters. The Morgan fingerprint density at radius 3 is 2.27 bits per heavy atom. The van der Waals surface area contributed by atoms with Gasteiger partial charge in [-0.15, -0.1) is 0 Å². The zero-order valence-electron chi connectivity index (χ0n) is 21.3. The molecule has 0 radical (unpaired) electrons. The van der Waals surface area contributed by atoms with Crippen LogP contribution in [0.1, 0.15) is 51.2 Å². The normalized spacial score (nSPS) is 16.6. The summed E-state index contributed by atoms with van der Waals surface area (Å²) < 4.78 is 5.38. The van der Waals surface area contributed by atoms with Crippen molar-refractivity contribution in [3.8, 4) is 5.75 Å². The molecule has 37 heavy (non-hydrogen) atoms. The number of hydrogen-bond acceptors (Lipinski definition) is 3. The molecule has 2 atom stereocenters. The number of para-hydroxylation sites is 2. The van der Waals surface area contributed by atoms with E-state index < -0.39 is 0 Å². The summed E-state index contributed by atoms with van der Waals surface area (Å²) in [7, 11) is 1.59. The third-order valence-corrected chi connectivity index (χ3v) is 6.96. The summed E-state index contributed by atoms with van der Waals surface area (Å²) in [6, 6.07) is 32.2. The van der Waals surface area contributed by atoms with Crippen LogP contribution in [0.3, 0.4) is 0 Å². The second kappa shape index (κ2) is 10.3. The van der Waals surface area contributed by atoms with Crippen LogP contribution in [0.5, 0.6) is 5.75 Å². The van der Waals surface area contributed by atoms with Crippen LogP contribution in [0.2, 0.25) is 0 Å². The first-order valence-corrected chi connectivity index (χ1v) is 12.5. The Balaban J connectivity index is 1.60. The fraction of sp³-hybridized carbons (Fsp3) is 0.188. The van der Waals surface area contributed by atoms with Gasteiger partial charge >= 0.3 is 0 Å². The van der Waals surface area contributed by atoms with Crippen LogP contribution in [-0.2, 0) is 0 Å². The standard InChI is InChI=1S/C32H30N2O3/c1-22-16-18-24(19-17-22)31(35)33-23(2)20-30(28-14-7-8-15-29(28)33)34(26-11-5-4-6-12-26)32(36)25-10-9-13-27(21-25)37-3/h4-19,21,23,30H,20H2,1-3H3/t23-,30+/m0/s1. The molecule has 0 aliphatic carbocycles. The number of hydrogen-bond donors (Lipinski definition) is 0. The summed E-state index contributed by atoms with van der Waals surface area (Å²) in [6.07, 6.45) is 0.596. The number of rotatable bonds is 5. The van der Waals surface area contributed by atoms with Gasteiger partial charge in [0.05, 0.1) is 13.2 Å². The molecule has 1 aliphatic heterocycles. The summed E-state index contributed by atoms with van der Waals surface area (Å²) in [6.45, 7) is 4.06. The third kappa shape index (κ3) is 4.73. The molecule has 0 N–H and O–H groups in total. The second-order valence-corrected chi connectivity index (χ2v) is 9.44. The van der Waals surface area contributed by atoms with Gasteiger partial charge in [-0.3, -0.25) is 9.59 Å². The molecular weight excluding hydrogens is 460 g/mol. The summed E-state index contributed by atoms with van der Waals surface area (Å²) in [4.78, 5) is 31.5. The SMILES string of the molecule is COc1cccc(C(=O)N(c2ccccc2)[C@@H]2C[C@H](C)N(C(=O)c3ccc(C)cc3)c3ccccc32)c1. The smallest absolute Gasteiger partial charge is 0.258 e. The second-order valence-electron chi connectivity index (χ2n) is 9.44. The molecule has 0 spiro atoms. The van der Waals surface area contributed by atoms with Gasteiger partial charge in [0.25, 0.3) is 11.8 Å². The minimum atomic E-state index is -0.255. The van der Waals surface area contributed by atoms with E-state index in [9.17, 15) is 9.59 Å². The van der Waals surface area contributed by atoms with Crippen molar-refractivity contribution < 1.29 is 14.3 Å². The molecule has 0 fully saturated rings. The Morgan fingerprint density at radius 2 is 1.54 bits per heavy atom. The number of methoxy groups -OCH3 is 1.